The number of nitrogens with zero attached hydrogens (tertiary/aromatic N) is 1. The fourth-order valence-corrected chi connectivity index (χ4v) is 6.25. The first-order valence-electron chi connectivity index (χ1n) is 12.8. The summed E-state index contributed by atoms with van der Waals surface area (Å²) in [4.78, 5) is 4.94. The van der Waals surface area contributed by atoms with Gasteiger partial charge in [0.15, 0.2) is 6.17 Å². The van der Waals surface area contributed by atoms with Gasteiger partial charge in [-0.25, -0.2) is 8.78 Å². The van der Waals surface area contributed by atoms with Gasteiger partial charge in [-0.3, -0.25) is 4.98 Å². The number of hydrogen-bond acceptors (Lipinski definition) is 2. The molecule has 3 aromatic rings. The SMILES string of the molecule is CC(C)c1nc2c(c(-c3ccc(F)cc3)c1C(F)c1ccc(C(F)(F)F)cc1)C(O)CC1(CCCC1)C2. The zero-order valence-electron chi connectivity index (χ0n) is 20.9. The minimum absolute atomic E-state index is 0.0300. The van der Waals surface area contributed by atoms with Gasteiger partial charge in [0.2, 0.25) is 0 Å². The lowest BCUT2D eigenvalue weighted by Gasteiger charge is -2.39. The lowest BCUT2D eigenvalue weighted by Crippen LogP contribution is -2.31. The van der Waals surface area contributed by atoms with Gasteiger partial charge in [0.25, 0.3) is 0 Å². The maximum Gasteiger partial charge on any atom is 0.416 e. The maximum absolute atomic E-state index is 16.5. The van der Waals surface area contributed by atoms with Crippen LogP contribution >= 0.6 is 0 Å². The fraction of sp³-hybridized carbons (Fsp3) is 0.433. The topological polar surface area (TPSA) is 33.1 Å². The summed E-state index contributed by atoms with van der Waals surface area (Å²) in [6.45, 7) is 3.80. The van der Waals surface area contributed by atoms with Crippen LogP contribution in [-0.4, -0.2) is 10.1 Å². The van der Waals surface area contributed by atoms with Crippen LogP contribution in [0.2, 0.25) is 0 Å². The van der Waals surface area contributed by atoms with Gasteiger partial charge in [0, 0.05) is 16.8 Å². The van der Waals surface area contributed by atoms with Gasteiger partial charge in [-0.05, 0) is 78.0 Å². The molecule has 0 saturated heterocycles. The largest absolute Gasteiger partial charge is 0.416 e. The van der Waals surface area contributed by atoms with Crippen molar-refractivity contribution < 1.29 is 27.1 Å². The number of rotatable bonds is 4. The lowest BCUT2D eigenvalue weighted by molar-refractivity contribution is -0.137. The molecule has 0 bridgehead atoms. The van der Waals surface area contributed by atoms with E-state index in [4.69, 9.17) is 4.98 Å². The first-order valence-corrected chi connectivity index (χ1v) is 12.8. The van der Waals surface area contributed by atoms with Gasteiger partial charge < -0.3 is 5.11 Å². The van der Waals surface area contributed by atoms with Crippen LogP contribution in [-0.2, 0) is 12.6 Å². The summed E-state index contributed by atoms with van der Waals surface area (Å²) in [6, 6.07) is 9.75. The number of fused-ring (bicyclic) bond motifs is 1. The van der Waals surface area contributed by atoms with E-state index in [2.05, 4.69) is 0 Å². The van der Waals surface area contributed by atoms with Crippen molar-refractivity contribution in [2.75, 3.05) is 0 Å². The van der Waals surface area contributed by atoms with E-state index in [1.54, 1.807) is 12.1 Å². The number of aliphatic hydroxyl groups excluding tert-OH is 1. The molecule has 1 spiro atoms. The molecule has 2 unspecified atom stereocenters. The summed E-state index contributed by atoms with van der Waals surface area (Å²) >= 11 is 0. The molecule has 1 saturated carbocycles. The minimum Gasteiger partial charge on any atom is -0.388 e. The Bertz CT molecular complexity index is 1280. The van der Waals surface area contributed by atoms with Crippen molar-refractivity contribution in [1.29, 1.82) is 0 Å². The molecule has 2 aromatic carbocycles. The number of aliphatic hydroxyl groups is 1. The highest BCUT2D eigenvalue weighted by molar-refractivity contribution is 5.75. The van der Waals surface area contributed by atoms with E-state index in [0.717, 1.165) is 55.6 Å². The number of hydrogen-bond donors (Lipinski definition) is 1. The number of halogens is 5. The highest BCUT2D eigenvalue weighted by Gasteiger charge is 2.44. The van der Waals surface area contributed by atoms with Crippen molar-refractivity contribution in [2.45, 2.75) is 76.7 Å². The molecule has 1 N–H and O–H groups in total. The van der Waals surface area contributed by atoms with E-state index >= 15 is 4.39 Å². The lowest BCUT2D eigenvalue weighted by atomic mass is 9.68. The Hall–Kier alpha value is -2.80. The Morgan fingerprint density at radius 3 is 2.16 bits per heavy atom. The van der Waals surface area contributed by atoms with Crippen molar-refractivity contribution in [3.8, 4) is 11.1 Å². The average Bonchev–Trinajstić information content (AvgIpc) is 3.29. The second-order valence-electron chi connectivity index (χ2n) is 10.9. The molecule has 2 aliphatic carbocycles. The van der Waals surface area contributed by atoms with Gasteiger partial charge in [0.1, 0.15) is 5.82 Å². The maximum atomic E-state index is 16.5. The Balaban J connectivity index is 1.74. The second kappa shape index (κ2) is 9.50. The first kappa shape index (κ1) is 25.8. The van der Waals surface area contributed by atoms with E-state index in [9.17, 15) is 22.7 Å². The van der Waals surface area contributed by atoms with E-state index in [0.29, 0.717) is 35.2 Å². The van der Waals surface area contributed by atoms with Gasteiger partial charge in [-0.1, -0.05) is 51.0 Å². The molecule has 1 aromatic heterocycles. The molecule has 5 rings (SSSR count). The Kier molecular flexibility index (Phi) is 6.63. The van der Waals surface area contributed by atoms with Gasteiger partial charge >= 0.3 is 6.18 Å². The highest BCUT2D eigenvalue weighted by Crippen LogP contribution is 2.54. The summed E-state index contributed by atoms with van der Waals surface area (Å²) in [7, 11) is 0. The normalized spacial score (nSPS) is 19.9. The number of benzene rings is 2. The number of pyridine rings is 1. The van der Waals surface area contributed by atoms with Crippen LogP contribution in [0.4, 0.5) is 22.0 Å². The summed E-state index contributed by atoms with van der Waals surface area (Å²) < 4.78 is 69.7. The smallest absolute Gasteiger partial charge is 0.388 e. The predicted molar refractivity (Wildman–Crippen MR) is 132 cm³/mol. The summed E-state index contributed by atoms with van der Waals surface area (Å²) in [6.07, 6.45) is -1.73. The van der Waals surface area contributed by atoms with Crippen molar-refractivity contribution >= 4 is 0 Å². The summed E-state index contributed by atoms with van der Waals surface area (Å²) in [5.41, 5.74) is 2.23. The average molecular weight is 516 g/mol. The zero-order chi connectivity index (χ0) is 26.5. The fourth-order valence-electron chi connectivity index (χ4n) is 6.25. The van der Waals surface area contributed by atoms with E-state index in [-0.39, 0.29) is 22.5 Å². The molecular formula is C30H30F5NO. The highest BCUT2D eigenvalue weighted by atomic mass is 19.4. The minimum atomic E-state index is -4.53. The third-order valence-electron chi connectivity index (χ3n) is 8.01. The first-order chi connectivity index (χ1) is 17.5. The van der Waals surface area contributed by atoms with Crippen molar-refractivity contribution in [3.05, 3.63) is 88.0 Å². The molecular weight excluding hydrogens is 485 g/mol. The van der Waals surface area contributed by atoms with Crippen molar-refractivity contribution in [3.63, 3.8) is 0 Å². The van der Waals surface area contributed by atoms with Crippen LogP contribution in [0.15, 0.2) is 48.5 Å². The van der Waals surface area contributed by atoms with Crippen LogP contribution in [0.5, 0.6) is 0 Å². The van der Waals surface area contributed by atoms with E-state index < -0.39 is 29.8 Å². The Morgan fingerprint density at radius 2 is 1.59 bits per heavy atom. The number of aromatic nitrogens is 1. The molecule has 7 heteroatoms. The Morgan fingerprint density at radius 1 is 0.973 bits per heavy atom. The zero-order valence-corrected chi connectivity index (χ0v) is 20.9. The Labute approximate surface area is 213 Å². The molecule has 0 radical (unpaired) electrons. The third-order valence-corrected chi connectivity index (χ3v) is 8.01. The van der Waals surface area contributed by atoms with Gasteiger partial charge in [-0.2, -0.15) is 13.2 Å². The predicted octanol–water partition coefficient (Wildman–Crippen LogP) is 8.63. The molecule has 2 nitrogen and oxygen atoms in total. The monoisotopic (exact) mass is 515 g/mol. The molecule has 2 atom stereocenters. The van der Waals surface area contributed by atoms with Crippen molar-refractivity contribution in [2.24, 2.45) is 5.41 Å². The molecule has 2 aliphatic rings. The summed E-state index contributed by atoms with van der Waals surface area (Å²) in [5, 5.41) is 11.5. The second-order valence-corrected chi connectivity index (χ2v) is 10.9. The van der Waals surface area contributed by atoms with Crippen LogP contribution < -0.4 is 0 Å². The molecule has 1 fully saturated rings. The molecule has 0 amide bonds. The molecule has 37 heavy (non-hydrogen) atoms. The molecule has 0 aliphatic heterocycles. The summed E-state index contributed by atoms with van der Waals surface area (Å²) in [5.74, 6) is -0.631. The van der Waals surface area contributed by atoms with Gasteiger partial charge in [0.05, 0.1) is 17.4 Å². The van der Waals surface area contributed by atoms with E-state index in [1.807, 2.05) is 13.8 Å². The number of alkyl halides is 4. The van der Waals surface area contributed by atoms with Crippen LogP contribution in [0.3, 0.4) is 0 Å². The molecule has 1 heterocycles. The third kappa shape index (κ3) is 4.78. The van der Waals surface area contributed by atoms with Crippen LogP contribution in [0.1, 0.15) is 97.8 Å². The quantitative estimate of drug-likeness (QED) is 0.353. The van der Waals surface area contributed by atoms with E-state index in [1.165, 1.54) is 12.1 Å². The molecule has 196 valence electrons. The van der Waals surface area contributed by atoms with Crippen molar-refractivity contribution in [1.82, 2.24) is 4.98 Å². The van der Waals surface area contributed by atoms with Gasteiger partial charge in [-0.15, -0.1) is 0 Å². The standard InChI is InChI=1S/C30H30F5NO/c1-17(2)28-26(27(32)19-5-9-20(10-6-19)30(33,34)35)24(18-7-11-21(31)12-8-18)25-22(36-28)15-29(16-23(25)37)13-3-4-14-29/h5-12,17,23,27,37H,3-4,13-16H2,1-2H3. The van der Waals surface area contributed by atoms with Crippen LogP contribution in [0.25, 0.3) is 11.1 Å². The van der Waals surface area contributed by atoms with Crippen LogP contribution in [0, 0.1) is 11.2 Å².